The molecule has 3 aliphatic rings. The summed E-state index contributed by atoms with van der Waals surface area (Å²) in [6, 6.07) is -1.50. The highest BCUT2D eigenvalue weighted by Crippen LogP contribution is 2.36. The number of imide groups is 1. The monoisotopic (exact) mass is 439 g/mol. The number of urea groups is 1. The number of amides is 5. The maximum atomic E-state index is 13.9. The number of nitrogens with one attached hydrogen (secondary N) is 1. The van der Waals surface area contributed by atoms with Gasteiger partial charge in [0.15, 0.2) is 6.04 Å². The van der Waals surface area contributed by atoms with E-state index < -0.39 is 34.3 Å². The smallest absolute Gasteiger partial charge is 0.376 e. The topological polar surface area (TPSA) is 139 Å². The minimum atomic E-state index is -0.952. The maximum Gasteiger partial charge on any atom is 0.424 e. The molecule has 10 nitrogen and oxygen atoms in total. The summed E-state index contributed by atoms with van der Waals surface area (Å²) in [7, 11) is 0. The lowest BCUT2D eigenvalue weighted by atomic mass is 9.90. The van der Waals surface area contributed by atoms with Crippen LogP contribution in [0.2, 0.25) is 0 Å². The molecule has 3 fully saturated rings. The Bertz CT molecular complexity index is 677. The second-order valence-electron chi connectivity index (χ2n) is 9.12. The lowest BCUT2D eigenvalue weighted by molar-refractivity contribution is -0.779. The molecule has 2 saturated heterocycles. The van der Waals surface area contributed by atoms with Crippen LogP contribution in [0.1, 0.15) is 57.8 Å². The lowest BCUT2D eigenvalue weighted by Gasteiger charge is -2.36. The van der Waals surface area contributed by atoms with Crippen molar-refractivity contribution < 1.29 is 33.6 Å². The van der Waals surface area contributed by atoms with Gasteiger partial charge in [-0.1, -0.05) is 25.7 Å². The molecular formula is C21H35N4O6+. The summed E-state index contributed by atoms with van der Waals surface area (Å²) in [5.74, 6) is -1.60. The Morgan fingerprint density at radius 3 is 2.52 bits per heavy atom. The summed E-state index contributed by atoms with van der Waals surface area (Å²) in [5.41, 5.74) is 5.63. The minimum absolute atomic E-state index is 0.106. The Balaban J connectivity index is 1.85. The van der Waals surface area contributed by atoms with Gasteiger partial charge in [0.1, 0.15) is 0 Å². The average Bonchev–Trinajstić information content (AvgIpc) is 3.52. The normalized spacial score (nSPS) is 29.6. The van der Waals surface area contributed by atoms with Crippen LogP contribution in [0, 0.1) is 11.8 Å². The summed E-state index contributed by atoms with van der Waals surface area (Å²) >= 11 is 0. The first-order chi connectivity index (χ1) is 14.9. The number of hydroxylamine groups is 2. The molecule has 0 radical (unpaired) electrons. The average molecular weight is 440 g/mol. The number of nitrogens with two attached hydrogens (primary N) is 1. The molecule has 5 amide bonds. The zero-order valence-corrected chi connectivity index (χ0v) is 18.0. The predicted octanol–water partition coefficient (Wildman–Crippen LogP) is 0.910. The molecule has 2 unspecified atom stereocenters. The Hall–Kier alpha value is -2.04. The highest BCUT2D eigenvalue weighted by molar-refractivity contribution is 5.91. The summed E-state index contributed by atoms with van der Waals surface area (Å²) in [5, 5.41) is 13.1. The quantitative estimate of drug-likeness (QED) is 0.211. The van der Waals surface area contributed by atoms with E-state index in [1.54, 1.807) is 0 Å². The van der Waals surface area contributed by atoms with E-state index in [-0.39, 0.29) is 32.1 Å². The summed E-state index contributed by atoms with van der Waals surface area (Å²) in [6.45, 7) is 0.886. The van der Waals surface area contributed by atoms with Crippen LogP contribution in [0.25, 0.3) is 0 Å². The molecule has 4 atom stereocenters. The van der Waals surface area contributed by atoms with Gasteiger partial charge in [-0.3, -0.25) is 14.8 Å². The number of hydrogen-bond donors (Lipinski definition) is 3. The van der Waals surface area contributed by atoms with Crippen molar-refractivity contribution in [2.75, 3.05) is 26.2 Å². The van der Waals surface area contributed by atoms with E-state index in [1.165, 1.54) is 0 Å². The van der Waals surface area contributed by atoms with Crippen molar-refractivity contribution >= 4 is 24.3 Å². The van der Waals surface area contributed by atoms with Gasteiger partial charge in [0, 0.05) is 26.0 Å². The Kier molecular flexibility index (Phi) is 8.01. The van der Waals surface area contributed by atoms with E-state index in [4.69, 9.17) is 10.5 Å². The predicted molar refractivity (Wildman–Crippen MR) is 109 cm³/mol. The number of hydrogen-bond acceptors (Lipinski definition) is 6. The fourth-order valence-electron chi connectivity index (χ4n) is 5.52. The first-order valence-electron chi connectivity index (χ1n) is 11.4. The molecule has 0 aromatic carbocycles. The zero-order chi connectivity index (χ0) is 22.4. The zero-order valence-electron chi connectivity index (χ0n) is 18.0. The Morgan fingerprint density at radius 1 is 1.16 bits per heavy atom. The van der Waals surface area contributed by atoms with Crippen molar-refractivity contribution in [3.8, 4) is 0 Å². The van der Waals surface area contributed by atoms with Gasteiger partial charge in [-0.15, -0.1) is 0 Å². The van der Waals surface area contributed by atoms with Gasteiger partial charge in [0.25, 0.3) is 5.91 Å². The van der Waals surface area contributed by atoms with Gasteiger partial charge < -0.3 is 15.8 Å². The first kappa shape index (κ1) is 23.6. The van der Waals surface area contributed by atoms with Gasteiger partial charge in [-0.2, -0.15) is 4.48 Å². The minimum Gasteiger partial charge on any atom is -0.376 e. The van der Waals surface area contributed by atoms with Gasteiger partial charge >= 0.3 is 11.9 Å². The third-order valence-electron chi connectivity index (χ3n) is 7.08. The van der Waals surface area contributed by atoms with Crippen molar-refractivity contribution in [2.45, 2.75) is 69.9 Å². The van der Waals surface area contributed by atoms with E-state index >= 15 is 0 Å². The van der Waals surface area contributed by atoms with Gasteiger partial charge in [-0.05, 0) is 25.2 Å². The number of carbonyl (C=O) groups is 4. The third-order valence-corrected chi connectivity index (χ3v) is 7.08. The Labute approximate surface area is 182 Å². The van der Waals surface area contributed by atoms with E-state index in [1.807, 2.05) is 0 Å². The molecule has 31 heavy (non-hydrogen) atoms. The third kappa shape index (κ3) is 5.24. The highest BCUT2D eigenvalue weighted by Gasteiger charge is 2.59. The molecule has 0 spiro atoms. The van der Waals surface area contributed by atoms with Crippen LogP contribution in [-0.2, 0) is 19.1 Å². The van der Waals surface area contributed by atoms with Crippen molar-refractivity contribution in [1.82, 2.24) is 10.4 Å². The highest BCUT2D eigenvalue weighted by atomic mass is 16.5. The molecule has 10 heteroatoms. The van der Waals surface area contributed by atoms with Crippen LogP contribution in [0.15, 0.2) is 0 Å². The molecule has 1 aliphatic carbocycles. The van der Waals surface area contributed by atoms with Crippen molar-refractivity contribution in [3.05, 3.63) is 0 Å². The van der Waals surface area contributed by atoms with Crippen molar-refractivity contribution in [1.29, 1.82) is 0 Å². The standard InChI is InChI=1S/C21H34N4O6/c22-19(27)18-8-3-9-25(18,21(29)23-12-17-7-4-10-31-17)20(28)16(13-24(30)14-26)11-15-5-1-2-6-15/h14-18,30H,1-13H2,(H2-,22,23,27,29)/p+1/t16-,17?,18+,25?/m1/s1. The molecule has 4 N–H and O–H groups in total. The molecule has 2 aliphatic heterocycles. The van der Waals surface area contributed by atoms with Gasteiger partial charge in [0.05, 0.1) is 25.1 Å². The van der Waals surface area contributed by atoms with Crippen LogP contribution < -0.4 is 11.1 Å². The van der Waals surface area contributed by atoms with Gasteiger partial charge in [-0.25, -0.2) is 14.7 Å². The largest absolute Gasteiger partial charge is 0.424 e. The number of ether oxygens (including phenoxy) is 1. The number of quaternary nitrogens is 1. The molecule has 0 bridgehead atoms. The maximum absolute atomic E-state index is 13.9. The first-order valence-corrected chi connectivity index (χ1v) is 11.4. The van der Waals surface area contributed by atoms with Crippen molar-refractivity contribution in [3.63, 3.8) is 0 Å². The number of rotatable bonds is 9. The second kappa shape index (κ2) is 10.5. The molecule has 3 rings (SSSR count). The second-order valence-corrected chi connectivity index (χ2v) is 9.12. The molecule has 0 aromatic heterocycles. The van der Waals surface area contributed by atoms with Crippen LogP contribution in [0.4, 0.5) is 4.79 Å². The SMILES string of the molecule is NC(=O)[C@@H]1CCC[N+]1(C(=O)NCC1CCCO1)C(=O)[C@H](CC1CCCC1)CN(O)C=O. The van der Waals surface area contributed by atoms with E-state index in [9.17, 15) is 24.4 Å². The molecule has 174 valence electrons. The summed E-state index contributed by atoms with van der Waals surface area (Å²) in [4.78, 5) is 50.6. The van der Waals surface area contributed by atoms with Crippen LogP contribution in [-0.4, -0.2) is 77.4 Å². The van der Waals surface area contributed by atoms with Crippen molar-refractivity contribution in [2.24, 2.45) is 17.6 Å². The molecular weight excluding hydrogens is 404 g/mol. The van der Waals surface area contributed by atoms with E-state index in [0.29, 0.717) is 36.9 Å². The Morgan fingerprint density at radius 2 is 1.90 bits per heavy atom. The number of carbonyl (C=O) groups excluding carboxylic acids is 4. The van der Waals surface area contributed by atoms with E-state index in [2.05, 4.69) is 5.32 Å². The summed E-state index contributed by atoms with van der Waals surface area (Å²) < 4.78 is 4.87. The number of likely N-dealkylation sites (tertiary alicyclic amines) is 1. The lowest BCUT2D eigenvalue weighted by Crippen LogP contribution is -2.68. The van der Waals surface area contributed by atoms with Crippen LogP contribution in [0.5, 0.6) is 0 Å². The van der Waals surface area contributed by atoms with Crippen LogP contribution >= 0.6 is 0 Å². The molecule has 1 saturated carbocycles. The number of primary amides is 1. The van der Waals surface area contributed by atoms with Gasteiger partial charge in [0.2, 0.25) is 6.41 Å². The fourth-order valence-corrected chi connectivity index (χ4v) is 5.52. The van der Waals surface area contributed by atoms with Crippen LogP contribution in [0.3, 0.4) is 0 Å². The number of nitrogens with zero attached hydrogens (tertiary/aromatic N) is 2. The molecule has 2 heterocycles. The van der Waals surface area contributed by atoms with E-state index in [0.717, 1.165) is 38.5 Å². The molecule has 0 aromatic rings. The summed E-state index contributed by atoms with van der Waals surface area (Å²) in [6.07, 6.45) is 7.33. The fraction of sp³-hybridized carbons (Fsp3) is 0.810.